The molecule has 0 aliphatic carbocycles. The van der Waals surface area contributed by atoms with Crippen LogP contribution in [0.15, 0.2) is 65.1 Å². The van der Waals surface area contributed by atoms with Crippen molar-refractivity contribution in [2.75, 3.05) is 5.32 Å². The number of anilines is 1. The third-order valence-corrected chi connectivity index (χ3v) is 5.84. The molecule has 4 aromatic rings. The molecule has 0 fully saturated rings. The summed E-state index contributed by atoms with van der Waals surface area (Å²) in [7, 11) is 0. The summed E-state index contributed by atoms with van der Waals surface area (Å²) >= 11 is 6.21. The molecule has 0 saturated heterocycles. The summed E-state index contributed by atoms with van der Waals surface area (Å²) in [5, 5.41) is 4.00. The number of rotatable bonds is 6. The van der Waals surface area contributed by atoms with Gasteiger partial charge in [-0.2, -0.15) is 0 Å². The number of para-hydroxylation sites is 1. The highest BCUT2D eigenvalue weighted by Gasteiger charge is 2.25. The van der Waals surface area contributed by atoms with Crippen molar-refractivity contribution in [3.05, 3.63) is 94.0 Å². The molecule has 1 heterocycles. The fourth-order valence-corrected chi connectivity index (χ4v) is 3.63. The van der Waals surface area contributed by atoms with Crippen LogP contribution in [-0.4, -0.2) is 17.8 Å². The van der Waals surface area contributed by atoms with E-state index in [2.05, 4.69) is 5.32 Å². The van der Waals surface area contributed by atoms with Crippen LogP contribution in [0.25, 0.3) is 11.0 Å². The van der Waals surface area contributed by atoms with E-state index in [0.29, 0.717) is 21.7 Å². The summed E-state index contributed by atoms with van der Waals surface area (Å²) in [6, 6.07) is 15.6. The number of ether oxygens (including phenoxy) is 1. The highest BCUT2D eigenvalue weighted by atomic mass is 35.5. The molecule has 33 heavy (non-hydrogen) atoms. The number of aryl methyl sites for hydroxylation is 2. The molecule has 4 rings (SSSR count). The van der Waals surface area contributed by atoms with Crippen LogP contribution in [0.3, 0.4) is 0 Å². The number of fused-ring (bicyclic) bond motifs is 1. The van der Waals surface area contributed by atoms with Crippen molar-refractivity contribution in [1.82, 2.24) is 0 Å². The summed E-state index contributed by atoms with van der Waals surface area (Å²) in [5.41, 5.74) is 2.60. The van der Waals surface area contributed by atoms with E-state index in [0.717, 1.165) is 11.1 Å². The van der Waals surface area contributed by atoms with Crippen molar-refractivity contribution in [3.8, 4) is 5.75 Å². The first-order valence-corrected chi connectivity index (χ1v) is 10.7. The van der Waals surface area contributed by atoms with Gasteiger partial charge in [0.15, 0.2) is 11.9 Å². The third-order valence-electron chi connectivity index (χ3n) is 5.25. The van der Waals surface area contributed by atoms with Crippen LogP contribution in [0.5, 0.6) is 5.75 Å². The fourth-order valence-electron chi connectivity index (χ4n) is 3.52. The number of amides is 1. The van der Waals surface area contributed by atoms with E-state index in [4.69, 9.17) is 20.8 Å². The lowest BCUT2D eigenvalue weighted by molar-refractivity contribution is -0.122. The monoisotopic (exact) mass is 465 g/mol. The molecule has 0 unspecified atom stereocenters. The van der Waals surface area contributed by atoms with Gasteiger partial charge < -0.3 is 14.5 Å². The van der Waals surface area contributed by atoms with E-state index in [9.17, 15) is 14.0 Å². The Morgan fingerprint density at radius 2 is 1.67 bits per heavy atom. The van der Waals surface area contributed by atoms with Crippen LogP contribution >= 0.6 is 11.6 Å². The second kappa shape index (κ2) is 9.08. The van der Waals surface area contributed by atoms with Crippen molar-refractivity contribution >= 4 is 39.9 Å². The van der Waals surface area contributed by atoms with Crippen LogP contribution in [0.1, 0.15) is 34.2 Å². The lowest BCUT2D eigenvalue weighted by Gasteiger charge is -2.16. The van der Waals surface area contributed by atoms with E-state index in [1.807, 2.05) is 13.8 Å². The van der Waals surface area contributed by atoms with Gasteiger partial charge in [-0.1, -0.05) is 23.7 Å². The fraction of sp³-hybridized carbons (Fsp3) is 0.154. The lowest BCUT2D eigenvalue weighted by atomic mass is 10.1. The van der Waals surface area contributed by atoms with Crippen LogP contribution in [0.2, 0.25) is 5.02 Å². The van der Waals surface area contributed by atoms with E-state index in [1.165, 1.54) is 24.3 Å². The van der Waals surface area contributed by atoms with Gasteiger partial charge in [0.25, 0.3) is 5.91 Å². The number of carbonyl (C=O) groups excluding carboxylic acids is 2. The SMILES string of the molecule is Cc1cc(O[C@@H](C)C(=O)Nc2c(C(=O)c3ccc(F)cc3)oc3ccccc23)cc(C)c1Cl. The van der Waals surface area contributed by atoms with Crippen molar-refractivity contribution < 1.29 is 23.1 Å². The molecule has 0 aliphatic rings. The number of ketones is 1. The van der Waals surface area contributed by atoms with Crippen molar-refractivity contribution in [2.24, 2.45) is 0 Å². The van der Waals surface area contributed by atoms with Gasteiger partial charge in [0, 0.05) is 16.0 Å². The Morgan fingerprint density at radius 3 is 2.33 bits per heavy atom. The zero-order valence-electron chi connectivity index (χ0n) is 18.2. The molecular formula is C26H21ClFNO4. The average Bonchev–Trinajstić information content (AvgIpc) is 3.15. The number of carbonyl (C=O) groups is 2. The lowest BCUT2D eigenvalue weighted by Crippen LogP contribution is -2.30. The second-order valence-electron chi connectivity index (χ2n) is 7.76. The maximum Gasteiger partial charge on any atom is 0.265 e. The minimum absolute atomic E-state index is 0.0402. The van der Waals surface area contributed by atoms with Gasteiger partial charge in [0.2, 0.25) is 5.78 Å². The van der Waals surface area contributed by atoms with Gasteiger partial charge in [0.1, 0.15) is 17.1 Å². The highest BCUT2D eigenvalue weighted by Crippen LogP contribution is 2.33. The number of hydrogen-bond acceptors (Lipinski definition) is 4. The molecule has 3 aromatic carbocycles. The van der Waals surface area contributed by atoms with Gasteiger partial charge in [-0.25, -0.2) is 4.39 Å². The summed E-state index contributed by atoms with van der Waals surface area (Å²) in [4.78, 5) is 26.1. The van der Waals surface area contributed by atoms with Crippen LogP contribution in [0, 0.1) is 19.7 Å². The highest BCUT2D eigenvalue weighted by molar-refractivity contribution is 6.32. The predicted molar refractivity (Wildman–Crippen MR) is 126 cm³/mol. The van der Waals surface area contributed by atoms with Gasteiger partial charge in [0.05, 0.1) is 5.69 Å². The summed E-state index contributed by atoms with van der Waals surface area (Å²) in [6.07, 6.45) is -0.868. The normalized spacial score (nSPS) is 11.9. The topological polar surface area (TPSA) is 68.5 Å². The Hall–Kier alpha value is -3.64. The quantitative estimate of drug-likeness (QED) is 0.331. The summed E-state index contributed by atoms with van der Waals surface area (Å²) in [6.45, 7) is 5.33. The Morgan fingerprint density at radius 1 is 1.03 bits per heavy atom. The van der Waals surface area contributed by atoms with E-state index >= 15 is 0 Å². The zero-order valence-corrected chi connectivity index (χ0v) is 19.0. The number of halogens is 2. The molecule has 0 bridgehead atoms. The first-order valence-electron chi connectivity index (χ1n) is 10.3. The summed E-state index contributed by atoms with van der Waals surface area (Å²) < 4.78 is 24.9. The third kappa shape index (κ3) is 4.61. The maximum atomic E-state index is 13.3. The number of benzene rings is 3. The smallest absolute Gasteiger partial charge is 0.265 e. The van der Waals surface area contributed by atoms with Crippen LogP contribution in [0.4, 0.5) is 10.1 Å². The Kier molecular flexibility index (Phi) is 6.20. The molecule has 0 aliphatic heterocycles. The molecule has 5 nitrogen and oxygen atoms in total. The zero-order chi connectivity index (χ0) is 23.7. The Balaban J connectivity index is 1.63. The van der Waals surface area contributed by atoms with Crippen LogP contribution in [-0.2, 0) is 4.79 Å². The molecule has 1 atom stereocenters. The van der Waals surface area contributed by atoms with Gasteiger partial charge >= 0.3 is 0 Å². The molecular weight excluding hydrogens is 445 g/mol. The molecule has 0 radical (unpaired) electrons. The van der Waals surface area contributed by atoms with Gasteiger partial charge in [-0.15, -0.1) is 0 Å². The standard InChI is InChI=1S/C26H21ClFNO4/c1-14-12-19(13-15(2)22(14)27)32-16(3)26(31)29-23-20-6-4-5-7-21(20)33-25(23)24(30)17-8-10-18(28)11-9-17/h4-13,16H,1-3H3,(H,29,31)/t16-/m0/s1. The molecule has 7 heteroatoms. The number of nitrogens with one attached hydrogen (secondary N) is 1. The largest absolute Gasteiger partial charge is 0.481 e. The number of furan rings is 1. The van der Waals surface area contributed by atoms with E-state index < -0.39 is 23.6 Å². The van der Waals surface area contributed by atoms with Crippen LogP contribution < -0.4 is 10.1 Å². The second-order valence-corrected chi connectivity index (χ2v) is 8.14. The minimum Gasteiger partial charge on any atom is -0.481 e. The van der Waals surface area contributed by atoms with Crippen molar-refractivity contribution in [3.63, 3.8) is 0 Å². The van der Waals surface area contributed by atoms with Crippen molar-refractivity contribution in [1.29, 1.82) is 0 Å². The maximum absolute atomic E-state index is 13.3. The summed E-state index contributed by atoms with van der Waals surface area (Å²) in [5.74, 6) is -0.916. The molecule has 1 aromatic heterocycles. The number of hydrogen-bond donors (Lipinski definition) is 1. The minimum atomic E-state index is -0.868. The van der Waals surface area contributed by atoms with E-state index in [-0.39, 0.29) is 17.0 Å². The van der Waals surface area contributed by atoms with E-state index in [1.54, 1.807) is 43.3 Å². The average molecular weight is 466 g/mol. The Labute approximate surface area is 195 Å². The molecule has 1 N–H and O–H groups in total. The molecule has 1 amide bonds. The van der Waals surface area contributed by atoms with Gasteiger partial charge in [-0.3, -0.25) is 9.59 Å². The molecule has 168 valence electrons. The first-order chi connectivity index (χ1) is 15.7. The molecule has 0 saturated carbocycles. The van der Waals surface area contributed by atoms with Crippen molar-refractivity contribution in [2.45, 2.75) is 26.9 Å². The Bertz CT molecular complexity index is 1340. The molecule has 0 spiro atoms. The predicted octanol–water partition coefficient (Wildman–Crippen LogP) is 6.48. The first kappa shape index (κ1) is 22.6. The van der Waals surface area contributed by atoms with Gasteiger partial charge in [-0.05, 0) is 80.4 Å².